The van der Waals surface area contributed by atoms with Gasteiger partial charge in [0.15, 0.2) is 0 Å². The monoisotopic (exact) mass is 537 g/mol. The lowest BCUT2D eigenvalue weighted by atomic mass is 9.83. The molecule has 0 amide bonds. The van der Waals surface area contributed by atoms with Crippen LogP contribution in [-0.4, -0.2) is 56.8 Å². The topological polar surface area (TPSA) is 106 Å². The van der Waals surface area contributed by atoms with Crippen molar-refractivity contribution in [3.63, 3.8) is 0 Å². The van der Waals surface area contributed by atoms with Gasteiger partial charge in [0.2, 0.25) is 0 Å². The van der Waals surface area contributed by atoms with E-state index in [4.69, 9.17) is 13.8 Å². The van der Waals surface area contributed by atoms with Crippen LogP contribution < -0.4 is 11.2 Å². The second-order valence-electron chi connectivity index (χ2n) is 10.1. The molecule has 1 aromatic heterocycles. The van der Waals surface area contributed by atoms with E-state index in [0.29, 0.717) is 12.0 Å². The van der Waals surface area contributed by atoms with Crippen LogP contribution in [0, 0.1) is 6.92 Å². The zero-order valence-electron chi connectivity index (χ0n) is 21.2. The predicted molar refractivity (Wildman–Crippen MR) is 143 cm³/mol. The molecule has 6 atom stereocenters. The number of aliphatic hydroxyl groups excluding tert-OH is 1. The van der Waals surface area contributed by atoms with E-state index in [9.17, 15) is 14.7 Å². The molecule has 4 heterocycles. The number of rotatable bonds is 7. The summed E-state index contributed by atoms with van der Waals surface area (Å²) in [6.45, 7) is 2.29. The highest BCUT2D eigenvalue weighted by Gasteiger charge is 2.52. The third-order valence-electron chi connectivity index (χ3n) is 7.76. The number of benzene rings is 2. The molecule has 3 aromatic rings. The van der Waals surface area contributed by atoms with Crippen LogP contribution in [0.1, 0.15) is 48.1 Å². The number of aromatic amines is 1. The summed E-state index contributed by atoms with van der Waals surface area (Å²) in [5, 5.41) is 10.1. The number of hydrogen-bond acceptors (Lipinski definition) is 7. The predicted octanol–water partition coefficient (Wildman–Crippen LogP) is 3.43. The average Bonchev–Trinajstić information content (AvgIpc) is 3.65. The van der Waals surface area contributed by atoms with Crippen molar-refractivity contribution in [1.82, 2.24) is 14.2 Å². The maximum Gasteiger partial charge on any atom is 0.330 e. The molecule has 0 aliphatic carbocycles. The van der Waals surface area contributed by atoms with Gasteiger partial charge in [0.05, 0.1) is 18.8 Å². The van der Waals surface area contributed by atoms with Crippen molar-refractivity contribution < 1.29 is 18.9 Å². The zero-order chi connectivity index (χ0) is 26.2. The van der Waals surface area contributed by atoms with Crippen LogP contribution in [0.25, 0.3) is 0 Å². The van der Waals surface area contributed by atoms with Crippen LogP contribution in [0.15, 0.2) is 76.4 Å². The molecule has 9 nitrogen and oxygen atoms in total. The van der Waals surface area contributed by atoms with E-state index in [1.807, 2.05) is 12.1 Å². The van der Waals surface area contributed by atoms with E-state index in [1.165, 1.54) is 21.9 Å². The van der Waals surface area contributed by atoms with Crippen molar-refractivity contribution in [3.8, 4) is 0 Å². The second kappa shape index (κ2) is 10.8. The van der Waals surface area contributed by atoms with Crippen LogP contribution in [-0.2, 0) is 13.8 Å². The van der Waals surface area contributed by atoms with Gasteiger partial charge in [-0.3, -0.25) is 14.3 Å². The Balaban J connectivity index is 1.25. The van der Waals surface area contributed by atoms with Crippen LogP contribution in [0.3, 0.4) is 0 Å². The number of hydrogen-bond donors (Lipinski definition) is 2. The molecular weight excluding hydrogens is 505 g/mol. The van der Waals surface area contributed by atoms with E-state index in [-0.39, 0.29) is 24.7 Å². The van der Waals surface area contributed by atoms with Crippen molar-refractivity contribution >= 4 is 8.53 Å². The fourth-order valence-corrected chi connectivity index (χ4v) is 7.88. The third kappa shape index (κ3) is 4.79. The molecule has 3 fully saturated rings. The van der Waals surface area contributed by atoms with Gasteiger partial charge >= 0.3 is 5.69 Å². The number of ether oxygens (including phenoxy) is 1. The fourth-order valence-electron chi connectivity index (χ4n) is 5.87. The van der Waals surface area contributed by atoms with Gasteiger partial charge in [-0.1, -0.05) is 60.7 Å². The molecule has 10 heteroatoms. The quantitative estimate of drug-likeness (QED) is 0.445. The first kappa shape index (κ1) is 25.6. The Hall–Kier alpha value is -2.65. The van der Waals surface area contributed by atoms with Gasteiger partial charge in [0.25, 0.3) is 14.1 Å². The molecule has 0 saturated carbocycles. The standard InChI is InChI=1S/C28H32N3O6P/c1-18-16-30(28(34)29-27(18)33)24-15-22(23(17-32)35-24)36-38-31-14-8-13-21(31)26(37-38)25(19-9-4-2-5-10-19)20-11-6-3-7-12-20/h2-7,9-12,16,21-26,32H,8,13-15,17H2,1H3,(H,29,33,34)/t21-,22-,23-,24-,26-,38-/m1/s1. The minimum absolute atomic E-state index is 0.0583. The first-order valence-corrected chi connectivity index (χ1v) is 14.2. The number of nitrogens with zero attached hydrogens (tertiary/aromatic N) is 2. The van der Waals surface area contributed by atoms with Crippen molar-refractivity contribution in [3.05, 3.63) is 104 Å². The van der Waals surface area contributed by atoms with Crippen molar-refractivity contribution in [2.24, 2.45) is 0 Å². The number of fused-ring (bicyclic) bond motifs is 1. The van der Waals surface area contributed by atoms with E-state index in [0.717, 1.165) is 19.4 Å². The summed E-state index contributed by atoms with van der Waals surface area (Å²) >= 11 is 0. The minimum Gasteiger partial charge on any atom is -0.394 e. The Bertz CT molecular complexity index is 1330. The second-order valence-corrected chi connectivity index (χ2v) is 11.6. The lowest BCUT2D eigenvalue weighted by molar-refractivity contribution is -0.0429. The summed E-state index contributed by atoms with van der Waals surface area (Å²) in [6, 6.07) is 21.2. The molecule has 0 spiro atoms. The van der Waals surface area contributed by atoms with Gasteiger partial charge < -0.3 is 18.9 Å². The van der Waals surface area contributed by atoms with Gasteiger partial charge in [-0.05, 0) is 30.9 Å². The molecule has 200 valence electrons. The van der Waals surface area contributed by atoms with E-state index in [2.05, 4.69) is 58.2 Å². The molecule has 0 unspecified atom stereocenters. The smallest absolute Gasteiger partial charge is 0.330 e. The minimum atomic E-state index is -1.39. The summed E-state index contributed by atoms with van der Waals surface area (Å²) in [6.07, 6.45) is 2.17. The highest BCUT2D eigenvalue weighted by Crippen LogP contribution is 2.60. The SMILES string of the molecule is Cc1cn([C@H]2C[C@@H](O[P@]3O[C@@H](C(c4ccccc4)c4ccccc4)[C@H]4CCCN43)[C@@H](CO)O2)c(=O)[nH]c1=O. The number of aryl methyl sites for hydroxylation is 1. The van der Waals surface area contributed by atoms with Gasteiger partial charge in [-0.25, -0.2) is 9.46 Å². The number of nitrogens with one attached hydrogen (secondary N) is 1. The Morgan fingerprint density at radius 2 is 1.79 bits per heavy atom. The number of aromatic nitrogens is 2. The third-order valence-corrected chi connectivity index (χ3v) is 9.55. The van der Waals surface area contributed by atoms with Gasteiger partial charge in [-0.15, -0.1) is 0 Å². The zero-order valence-corrected chi connectivity index (χ0v) is 22.1. The van der Waals surface area contributed by atoms with Gasteiger partial charge in [0.1, 0.15) is 12.3 Å². The molecule has 0 bridgehead atoms. The maximum atomic E-state index is 12.5. The van der Waals surface area contributed by atoms with Crippen molar-refractivity contribution in [2.75, 3.05) is 13.2 Å². The first-order valence-electron chi connectivity index (χ1n) is 13.1. The molecule has 3 aliphatic rings. The van der Waals surface area contributed by atoms with Crippen LogP contribution >= 0.6 is 8.53 Å². The molecule has 3 saturated heterocycles. The van der Waals surface area contributed by atoms with Crippen LogP contribution in [0.5, 0.6) is 0 Å². The van der Waals surface area contributed by atoms with Crippen LogP contribution in [0.2, 0.25) is 0 Å². The Kier molecular flexibility index (Phi) is 7.31. The summed E-state index contributed by atoms with van der Waals surface area (Å²) in [5.41, 5.74) is 1.86. The summed E-state index contributed by atoms with van der Waals surface area (Å²) in [5.74, 6) is 0.0583. The molecule has 0 radical (unpaired) electrons. The first-order chi connectivity index (χ1) is 18.5. The maximum absolute atomic E-state index is 12.5. The lowest BCUT2D eigenvalue weighted by Crippen LogP contribution is -2.33. The molecule has 2 aromatic carbocycles. The molecule has 38 heavy (non-hydrogen) atoms. The normalized spacial score (nSPS) is 29.2. The van der Waals surface area contributed by atoms with Crippen LogP contribution in [0.4, 0.5) is 0 Å². The molecule has 3 aliphatic heterocycles. The molecular formula is C28H32N3O6P. The Morgan fingerprint density at radius 3 is 2.45 bits per heavy atom. The van der Waals surface area contributed by atoms with Crippen molar-refractivity contribution in [1.29, 1.82) is 0 Å². The highest BCUT2D eigenvalue weighted by molar-refractivity contribution is 7.45. The Morgan fingerprint density at radius 1 is 1.11 bits per heavy atom. The summed E-state index contributed by atoms with van der Waals surface area (Å²) in [7, 11) is -1.39. The van der Waals surface area contributed by atoms with E-state index in [1.54, 1.807) is 6.92 Å². The molecule has 2 N–H and O–H groups in total. The van der Waals surface area contributed by atoms with Crippen molar-refractivity contribution in [2.45, 2.75) is 62.7 Å². The largest absolute Gasteiger partial charge is 0.394 e. The lowest BCUT2D eigenvalue weighted by Gasteiger charge is -2.27. The Labute approximate surface area is 222 Å². The number of aliphatic hydroxyl groups is 1. The van der Waals surface area contributed by atoms with E-state index < -0.39 is 38.2 Å². The summed E-state index contributed by atoms with van der Waals surface area (Å²) in [4.78, 5) is 26.6. The fraction of sp³-hybridized carbons (Fsp3) is 0.429. The van der Waals surface area contributed by atoms with Gasteiger partial charge in [0, 0.05) is 36.7 Å². The van der Waals surface area contributed by atoms with E-state index >= 15 is 0 Å². The molecule has 6 rings (SSSR count). The van der Waals surface area contributed by atoms with Gasteiger partial charge in [-0.2, -0.15) is 0 Å². The average molecular weight is 538 g/mol. The number of H-pyrrole nitrogens is 1. The highest BCUT2D eigenvalue weighted by atomic mass is 31.2. The summed E-state index contributed by atoms with van der Waals surface area (Å²) < 4.78 is 23.1.